The summed E-state index contributed by atoms with van der Waals surface area (Å²) >= 11 is 0. The lowest BCUT2D eigenvalue weighted by Crippen LogP contribution is -2.48. The molecule has 2 aromatic carbocycles. The van der Waals surface area contributed by atoms with Gasteiger partial charge in [-0.1, -0.05) is 37.1 Å². The van der Waals surface area contributed by atoms with E-state index >= 15 is 0 Å². The highest BCUT2D eigenvalue weighted by Crippen LogP contribution is 2.30. The fourth-order valence-electron chi connectivity index (χ4n) is 3.33. The van der Waals surface area contributed by atoms with E-state index in [0.29, 0.717) is 25.3 Å². The van der Waals surface area contributed by atoms with Gasteiger partial charge in [-0.15, -0.1) is 0 Å². The molecule has 2 aromatic rings. The van der Waals surface area contributed by atoms with Gasteiger partial charge >= 0.3 is 0 Å². The van der Waals surface area contributed by atoms with Crippen molar-refractivity contribution < 1.29 is 14.6 Å². The molecule has 4 heteroatoms. The van der Waals surface area contributed by atoms with E-state index in [9.17, 15) is 9.90 Å². The van der Waals surface area contributed by atoms with Crippen molar-refractivity contribution in [2.24, 2.45) is 0 Å². The van der Waals surface area contributed by atoms with Crippen molar-refractivity contribution in [2.75, 3.05) is 19.8 Å². The van der Waals surface area contributed by atoms with E-state index in [0.717, 1.165) is 29.5 Å². The van der Waals surface area contributed by atoms with Gasteiger partial charge in [0.1, 0.15) is 5.75 Å². The number of carbonyl (C=O) groups is 1. The van der Waals surface area contributed by atoms with Gasteiger partial charge in [-0.2, -0.15) is 0 Å². The number of phenols is 1. The first-order valence-electron chi connectivity index (χ1n) is 8.89. The highest BCUT2D eigenvalue weighted by atomic mass is 16.5. The van der Waals surface area contributed by atoms with Crippen LogP contribution in [-0.4, -0.2) is 41.7 Å². The minimum atomic E-state index is 0.0572. The number of phenolic OH excluding ortho intramolecular Hbond substituents is 1. The van der Waals surface area contributed by atoms with Crippen LogP contribution in [0.1, 0.15) is 35.7 Å². The Hall–Kier alpha value is -2.33. The molecule has 1 atom stereocenters. The quantitative estimate of drug-likeness (QED) is 0.916. The fraction of sp³-hybridized carbons (Fsp3) is 0.381. The van der Waals surface area contributed by atoms with Crippen molar-refractivity contribution in [1.82, 2.24) is 4.90 Å². The SMILES string of the molecule is CCC[C@@H]1COCCN1C(=O)c1ccc(-c2cc(C)ccc2O)cc1. The summed E-state index contributed by atoms with van der Waals surface area (Å²) < 4.78 is 5.53. The number of nitrogens with zero attached hydrogens (tertiary/aromatic N) is 1. The molecular formula is C21H25NO3. The van der Waals surface area contributed by atoms with E-state index in [1.807, 2.05) is 48.2 Å². The summed E-state index contributed by atoms with van der Waals surface area (Å²) in [6, 6.07) is 13.2. The Kier molecular flexibility index (Phi) is 5.39. The molecule has 0 radical (unpaired) electrons. The first-order valence-corrected chi connectivity index (χ1v) is 8.89. The maximum Gasteiger partial charge on any atom is 0.254 e. The maximum atomic E-state index is 12.9. The van der Waals surface area contributed by atoms with Gasteiger partial charge < -0.3 is 14.7 Å². The van der Waals surface area contributed by atoms with Crippen molar-refractivity contribution in [1.29, 1.82) is 0 Å². The van der Waals surface area contributed by atoms with E-state index in [1.165, 1.54) is 0 Å². The van der Waals surface area contributed by atoms with E-state index < -0.39 is 0 Å². The Morgan fingerprint density at radius 3 is 2.72 bits per heavy atom. The third-order valence-corrected chi connectivity index (χ3v) is 4.71. The number of morpholine rings is 1. The number of amides is 1. The summed E-state index contributed by atoms with van der Waals surface area (Å²) in [4.78, 5) is 14.8. The summed E-state index contributed by atoms with van der Waals surface area (Å²) in [6.45, 7) is 5.98. The molecular weight excluding hydrogens is 314 g/mol. The summed E-state index contributed by atoms with van der Waals surface area (Å²) in [5, 5.41) is 10.1. The van der Waals surface area contributed by atoms with Crippen LogP contribution >= 0.6 is 0 Å². The minimum absolute atomic E-state index is 0.0572. The molecule has 1 saturated heterocycles. The molecule has 4 nitrogen and oxygen atoms in total. The second-order valence-corrected chi connectivity index (χ2v) is 6.61. The average molecular weight is 339 g/mol. The van der Waals surface area contributed by atoms with Crippen LogP contribution in [-0.2, 0) is 4.74 Å². The van der Waals surface area contributed by atoms with Gasteiger partial charge in [-0.3, -0.25) is 4.79 Å². The molecule has 1 N–H and O–H groups in total. The Bertz CT molecular complexity index is 737. The van der Waals surface area contributed by atoms with Crippen LogP contribution in [0.2, 0.25) is 0 Å². The van der Waals surface area contributed by atoms with Crippen LogP contribution in [0.3, 0.4) is 0 Å². The Labute approximate surface area is 149 Å². The van der Waals surface area contributed by atoms with Crippen LogP contribution in [0.4, 0.5) is 0 Å². The molecule has 0 unspecified atom stereocenters. The number of benzene rings is 2. The minimum Gasteiger partial charge on any atom is -0.507 e. The molecule has 0 spiro atoms. The third-order valence-electron chi connectivity index (χ3n) is 4.71. The van der Waals surface area contributed by atoms with Gasteiger partial charge in [0.25, 0.3) is 5.91 Å². The molecule has 1 fully saturated rings. The normalized spacial score (nSPS) is 17.5. The van der Waals surface area contributed by atoms with Crippen LogP contribution in [0, 0.1) is 6.92 Å². The second kappa shape index (κ2) is 7.70. The van der Waals surface area contributed by atoms with Crippen molar-refractivity contribution in [3.05, 3.63) is 53.6 Å². The molecule has 0 saturated carbocycles. The van der Waals surface area contributed by atoms with Crippen molar-refractivity contribution in [3.8, 4) is 16.9 Å². The lowest BCUT2D eigenvalue weighted by atomic mass is 10.0. The van der Waals surface area contributed by atoms with Crippen LogP contribution in [0.25, 0.3) is 11.1 Å². The Morgan fingerprint density at radius 2 is 2.00 bits per heavy atom. The molecule has 1 heterocycles. The fourth-order valence-corrected chi connectivity index (χ4v) is 3.33. The van der Waals surface area contributed by atoms with Gasteiger partial charge in [0.05, 0.1) is 19.3 Å². The molecule has 0 bridgehead atoms. The highest BCUT2D eigenvalue weighted by Gasteiger charge is 2.27. The third kappa shape index (κ3) is 3.85. The second-order valence-electron chi connectivity index (χ2n) is 6.61. The average Bonchev–Trinajstić information content (AvgIpc) is 2.64. The monoisotopic (exact) mass is 339 g/mol. The number of hydrogen-bond acceptors (Lipinski definition) is 3. The van der Waals surface area contributed by atoms with Crippen molar-refractivity contribution in [3.63, 3.8) is 0 Å². The lowest BCUT2D eigenvalue weighted by Gasteiger charge is -2.35. The van der Waals surface area contributed by atoms with Gasteiger partial charge in [-0.05, 0) is 43.2 Å². The Morgan fingerprint density at radius 1 is 1.24 bits per heavy atom. The molecule has 132 valence electrons. The first-order chi connectivity index (χ1) is 12.1. The molecule has 0 aliphatic carbocycles. The van der Waals surface area contributed by atoms with E-state index in [-0.39, 0.29) is 17.7 Å². The molecule has 1 amide bonds. The Balaban J connectivity index is 1.81. The molecule has 1 aliphatic rings. The smallest absolute Gasteiger partial charge is 0.254 e. The van der Waals surface area contributed by atoms with Crippen molar-refractivity contribution in [2.45, 2.75) is 32.7 Å². The molecule has 1 aliphatic heterocycles. The summed E-state index contributed by atoms with van der Waals surface area (Å²) in [6.07, 6.45) is 1.99. The molecule has 25 heavy (non-hydrogen) atoms. The van der Waals surface area contributed by atoms with Gasteiger partial charge in [-0.25, -0.2) is 0 Å². The van der Waals surface area contributed by atoms with Crippen LogP contribution in [0.5, 0.6) is 5.75 Å². The predicted octanol–water partition coefficient (Wildman–Crippen LogP) is 4.01. The highest BCUT2D eigenvalue weighted by molar-refractivity contribution is 5.95. The molecule has 3 rings (SSSR count). The topological polar surface area (TPSA) is 49.8 Å². The van der Waals surface area contributed by atoms with Crippen molar-refractivity contribution >= 4 is 5.91 Å². The van der Waals surface area contributed by atoms with Gasteiger partial charge in [0.15, 0.2) is 0 Å². The number of rotatable bonds is 4. The standard InChI is InChI=1S/C21H25NO3/c1-3-4-18-14-25-12-11-22(18)21(24)17-8-6-16(7-9-17)19-13-15(2)5-10-20(19)23/h5-10,13,18,23H,3-4,11-12,14H2,1-2H3/t18-/m1/s1. The predicted molar refractivity (Wildman–Crippen MR) is 98.8 cm³/mol. The zero-order valence-corrected chi connectivity index (χ0v) is 14.9. The van der Waals surface area contributed by atoms with E-state index in [4.69, 9.17) is 4.74 Å². The zero-order chi connectivity index (χ0) is 17.8. The molecule has 0 aromatic heterocycles. The van der Waals surface area contributed by atoms with Gasteiger partial charge in [0.2, 0.25) is 0 Å². The summed E-state index contributed by atoms with van der Waals surface area (Å²) in [7, 11) is 0. The van der Waals surface area contributed by atoms with Crippen LogP contribution < -0.4 is 0 Å². The van der Waals surface area contributed by atoms with E-state index in [2.05, 4.69) is 6.92 Å². The number of ether oxygens (including phenoxy) is 1. The first kappa shape index (κ1) is 17.5. The number of hydrogen-bond donors (Lipinski definition) is 1. The lowest BCUT2D eigenvalue weighted by molar-refractivity contribution is -0.00433. The number of aromatic hydroxyl groups is 1. The number of aryl methyl sites for hydroxylation is 1. The van der Waals surface area contributed by atoms with Gasteiger partial charge in [0, 0.05) is 17.7 Å². The zero-order valence-electron chi connectivity index (χ0n) is 14.9. The summed E-state index contributed by atoms with van der Waals surface area (Å²) in [5.74, 6) is 0.308. The van der Waals surface area contributed by atoms with Crippen LogP contribution in [0.15, 0.2) is 42.5 Å². The summed E-state index contributed by atoms with van der Waals surface area (Å²) in [5.41, 5.74) is 3.46. The van der Waals surface area contributed by atoms with E-state index in [1.54, 1.807) is 6.07 Å². The number of carbonyl (C=O) groups excluding carboxylic acids is 1. The maximum absolute atomic E-state index is 12.9. The largest absolute Gasteiger partial charge is 0.507 e.